The number of rotatable bonds is 3. The molecule has 0 aliphatic carbocycles. The van der Waals surface area contributed by atoms with Gasteiger partial charge in [-0.25, -0.2) is 0 Å². The Hall–Kier alpha value is -1.72. The summed E-state index contributed by atoms with van der Waals surface area (Å²) < 4.78 is 0. The molecule has 0 atom stereocenters. The van der Waals surface area contributed by atoms with E-state index in [0.29, 0.717) is 0 Å². The molecule has 0 fully saturated rings. The van der Waals surface area contributed by atoms with Gasteiger partial charge in [0.05, 0.1) is 0 Å². The first-order chi connectivity index (χ1) is 8.95. The highest BCUT2D eigenvalue weighted by atomic mass is 17.0. The van der Waals surface area contributed by atoms with Gasteiger partial charge in [0.25, 0.3) is 0 Å². The van der Waals surface area contributed by atoms with Crippen molar-refractivity contribution in [2.75, 3.05) is 0 Å². The van der Waals surface area contributed by atoms with Crippen LogP contribution in [0.1, 0.15) is 11.1 Å². The van der Waals surface area contributed by atoms with Crippen LogP contribution in [0.15, 0.2) is 60.7 Å². The fraction of sp³-hybridized carbons (Fsp3) is 0.143. The molecule has 0 aliphatic heterocycles. The third-order valence-corrected chi connectivity index (χ3v) is 2.39. The lowest BCUT2D eigenvalue weighted by Gasteiger charge is -2.01. The Balaban J connectivity index is 0.000000659. The molecule has 0 amide bonds. The van der Waals surface area contributed by atoms with E-state index in [1.807, 2.05) is 0 Å². The molecule has 0 heterocycles. The van der Waals surface area contributed by atoms with Crippen LogP contribution in [0.4, 0.5) is 0 Å². The molecule has 2 aromatic rings. The van der Waals surface area contributed by atoms with E-state index in [9.17, 15) is 0 Å². The van der Waals surface area contributed by atoms with Crippen molar-refractivity contribution in [1.82, 2.24) is 0 Å². The fourth-order valence-electron chi connectivity index (χ4n) is 1.58. The summed E-state index contributed by atoms with van der Waals surface area (Å²) in [6.45, 7) is 0. The summed E-state index contributed by atoms with van der Waals surface area (Å²) in [4.78, 5) is 0. The fourth-order valence-corrected chi connectivity index (χ4v) is 1.58. The SMILES string of the molecule is OO.OO.c1ccc(CCc2ccccc2)cc1. The maximum absolute atomic E-state index is 6.00. The quantitative estimate of drug-likeness (QED) is 0.496. The van der Waals surface area contributed by atoms with Crippen molar-refractivity contribution < 1.29 is 21.0 Å². The summed E-state index contributed by atoms with van der Waals surface area (Å²) >= 11 is 0. The van der Waals surface area contributed by atoms with E-state index in [2.05, 4.69) is 60.7 Å². The van der Waals surface area contributed by atoms with Crippen molar-refractivity contribution in [2.45, 2.75) is 12.8 Å². The van der Waals surface area contributed by atoms with Crippen LogP contribution >= 0.6 is 0 Å². The van der Waals surface area contributed by atoms with E-state index in [1.165, 1.54) is 11.1 Å². The smallest absolute Gasteiger partial charge is 0.0238 e. The predicted octanol–water partition coefficient (Wildman–Crippen LogP) is 3.51. The summed E-state index contributed by atoms with van der Waals surface area (Å²) in [6.07, 6.45) is 2.26. The van der Waals surface area contributed by atoms with Gasteiger partial charge in [0.1, 0.15) is 0 Å². The van der Waals surface area contributed by atoms with Crippen LogP contribution in [-0.2, 0) is 12.8 Å². The molecule has 0 aromatic heterocycles. The predicted molar refractivity (Wildman–Crippen MR) is 70.8 cm³/mol. The Labute approximate surface area is 106 Å². The van der Waals surface area contributed by atoms with Crippen molar-refractivity contribution in [1.29, 1.82) is 0 Å². The van der Waals surface area contributed by atoms with Crippen LogP contribution in [0, 0.1) is 0 Å². The number of benzene rings is 2. The molecule has 0 bridgehead atoms. The van der Waals surface area contributed by atoms with E-state index in [0.717, 1.165) is 12.8 Å². The lowest BCUT2D eigenvalue weighted by molar-refractivity contribution is -0.176. The van der Waals surface area contributed by atoms with E-state index < -0.39 is 0 Å². The van der Waals surface area contributed by atoms with Gasteiger partial charge in [-0.05, 0) is 24.0 Å². The normalized spacial score (nSPS) is 8.44. The van der Waals surface area contributed by atoms with Crippen LogP contribution in [0.2, 0.25) is 0 Å². The maximum Gasteiger partial charge on any atom is -0.0238 e. The summed E-state index contributed by atoms with van der Waals surface area (Å²) in [5, 5.41) is 24.0. The Morgan fingerprint density at radius 3 is 1.06 bits per heavy atom. The van der Waals surface area contributed by atoms with Gasteiger partial charge in [0, 0.05) is 0 Å². The Morgan fingerprint density at radius 2 is 0.778 bits per heavy atom. The molecular formula is C14H18O4. The van der Waals surface area contributed by atoms with Crippen LogP contribution in [0.3, 0.4) is 0 Å². The average Bonchev–Trinajstić information content (AvgIpc) is 2.51. The minimum atomic E-state index is 1.13. The molecule has 0 saturated carbocycles. The molecule has 4 N–H and O–H groups in total. The number of aryl methyl sites for hydroxylation is 2. The van der Waals surface area contributed by atoms with Gasteiger partial charge in [-0.1, -0.05) is 60.7 Å². The molecule has 18 heavy (non-hydrogen) atoms. The molecule has 2 aromatic carbocycles. The van der Waals surface area contributed by atoms with Gasteiger partial charge in [0.2, 0.25) is 0 Å². The molecule has 0 spiro atoms. The first-order valence-electron chi connectivity index (χ1n) is 5.43. The van der Waals surface area contributed by atoms with Crippen molar-refractivity contribution in [3.8, 4) is 0 Å². The second kappa shape index (κ2) is 11.8. The summed E-state index contributed by atoms with van der Waals surface area (Å²) in [5.74, 6) is 0. The Kier molecular flexibility index (Phi) is 10.6. The largest absolute Gasteiger partial charge is 0.255 e. The lowest BCUT2D eigenvalue weighted by Crippen LogP contribution is -1.89. The van der Waals surface area contributed by atoms with Gasteiger partial charge < -0.3 is 0 Å². The van der Waals surface area contributed by atoms with Crippen molar-refractivity contribution in [3.63, 3.8) is 0 Å². The monoisotopic (exact) mass is 250 g/mol. The van der Waals surface area contributed by atoms with E-state index in [1.54, 1.807) is 0 Å². The zero-order chi connectivity index (χ0) is 13.6. The van der Waals surface area contributed by atoms with Gasteiger partial charge in [0.15, 0.2) is 0 Å². The van der Waals surface area contributed by atoms with E-state index in [-0.39, 0.29) is 0 Å². The van der Waals surface area contributed by atoms with Gasteiger partial charge in [-0.15, -0.1) is 0 Å². The second-order valence-electron chi connectivity index (χ2n) is 3.47. The third-order valence-electron chi connectivity index (χ3n) is 2.39. The van der Waals surface area contributed by atoms with Crippen LogP contribution in [-0.4, -0.2) is 21.0 Å². The molecule has 0 unspecified atom stereocenters. The molecular weight excluding hydrogens is 232 g/mol. The minimum absolute atomic E-state index is 1.13. The highest BCUT2D eigenvalue weighted by Gasteiger charge is 1.93. The van der Waals surface area contributed by atoms with Crippen LogP contribution in [0.5, 0.6) is 0 Å². The first kappa shape index (κ1) is 16.3. The zero-order valence-corrected chi connectivity index (χ0v) is 9.98. The molecule has 4 heteroatoms. The molecule has 0 aliphatic rings. The van der Waals surface area contributed by atoms with Crippen molar-refractivity contribution >= 4 is 0 Å². The van der Waals surface area contributed by atoms with Crippen LogP contribution in [0.25, 0.3) is 0 Å². The topological polar surface area (TPSA) is 80.9 Å². The standard InChI is InChI=1S/C14H14.2H2O2/c1-3-7-13(8-4-1)11-12-14-9-5-2-6-10-14;2*1-2/h1-10H,11-12H2;2*1-2H. The number of hydrogen-bond donors (Lipinski definition) is 4. The maximum atomic E-state index is 6.00. The average molecular weight is 250 g/mol. The lowest BCUT2D eigenvalue weighted by atomic mass is 10.0. The van der Waals surface area contributed by atoms with Gasteiger partial charge >= 0.3 is 0 Å². The first-order valence-corrected chi connectivity index (χ1v) is 5.43. The molecule has 98 valence electrons. The molecule has 4 nitrogen and oxygen atoms in total. The third kappa shape index (κ3) is 6.78. The summed E-state index contributed by atoms with van der Waals surface area (Å²) in [7, 11) is 0. The van der Waals surface area contributed by atoms with Gasteiger partial charge in [-0.3, -0.25) is 21.0 Å². The van der Waals surface area contributed by atoms with Crippen molar-refractivity contribution in [2.24, 2.45) is 0 Å². The van der Waals surface area contributed by atoms with Gasteiger partial charge in [-0.2, -0.15) is 0 Å². The molecule has 0 saturated heterocycles. The minimum Gasteiger partial charge on any atom is -0.255 e. The second-order valence-corrected chi connectivity index (χ2v) is 3.47. The van der Waals surface area contributed by atoms with E-state index in [4.69, 9.17) is 21.0 Å². The molecule has 2 rings (SSSR count). The molecule has 0 radical (unpaired) electrons. The Bertz CT molecular complexity index is 336. The highest BCUT2D eigenvalue weighted by Crippen LogP contribution is 2.06. The zero-order valence-electron chi connectivity index (χ0n) is 9.98. The van der Waals surface area contributed by atoms with Crippen molar-refractivity contribution in [3.05, 3.63) is 71.8 Å². The van der Waals surface area contributed by atoms with Crippen LogP contribution < -0.4 is 0 Å². The summed E-state index contributed by atoms with van der Waals surface area (Å²) in [5.41, 5.74) is 2.83. The van der Waals surface area contributed by atoms with E-state index >= 15 is 0 Å². The Morgan fingerprint density at radius 1 is 0.500 bits per heavy atom. The number of hydrogen-bond acceptors (Lipinski definition) is 4. The highest BCUT2D eigenvalue weighted by molar-refractivity contribution is 5.19. The summed E-state index contributed by atoms with van der Waals surface area (Å²) in [6, 6.07) is 21.2.